The molecule has 7 rings (SSSR count). The molecular weight excluding hydrogens is 805 g/mol. The van der Waals surface area contributed by atoms with Crippen molar-refractivity contribution < 1.29 is 43.6 Å². The number of aliphatic hydroxyl groups excluding tert-OH is 2. The van der Waals surface area contributed by atoms with Gasteiger partial charge in [0, 0.05) is 42.4 Å². The predicted molar refractivity (Wildman–Crippen MR) is 240 cm³/mol. The molecule has 0 aromatic heterocycles. The largest absolute Gasteiger partial charge is 0.497 e. The van der Waals surface area contributed by atoms with E-state index in [9.17, 15) is 24.6 Å². The third-order valence-electron chi connectivity index (χ3n) is 12.5. The Balaban J connectivity index is 1.21. The smallest absolute Gasteiger partial charge is 0.264 e. The summed E-state index contributed by atoms with van der Waals surface area (Å²) >= 11 is 0. The van der Waals surface area contributed by atoms with Crippen LogP contribution in [0.1, 0.15) is 55.4 Å². The van der Waals surface area contributed by atoms with Crippen LogP contribution in [0.5, 0.6) is 11.5 Å². The number of unbranched alkanes of at least 4 members (excludes halogenated alkanes) is 1. The summed E-state index contributed by atoms with van der Waals surface area (Å²) in [6.45, 7) is 9.06. The van der Waals surface area contributed by atoms with Crippen molar-refractivity contribution in [3.8, 4) is 11.5 Å². The van der Waals surface area contributed by atoms with E-state index < -0.39 is 37.5 Å². The van der Waals surface area contributed by atoms with Crippen LogP contribution in [-0.4, -0.2) is 98.1 Å². The van der Waals surface area contributed by atoms with Crippen LogP contribution in [0.25, 0.3) is 0 Å². The number of fused-ring (bicyclic) bond motifs is 3. The van der Waals surface area contributed by atoms with Gasteiger partial charge in [-0.2, -0.15) is 0 Å². The fraction of sp³-hybridized carbons (Fsp3) is 0.438. The topological polar surface area (TPSA) is 161 Å². The number of benzene rings is 4. The van der Waals surface area contributed by atoms with Gasteiger partial charge in [0.1, 0.15) is 11.5 Å². The van der Waals surface area contributed by atoms with Gasteiger partial charge < -0.3 is 44.3 Å². The molecule has 0 saturated carbocycles. The zero-order valence-electron chi connectivity index (χ0n) is 36.4. The van der Waals surface area contributed by atoms with Gasteiger partial charge in [0.15, 0.2) is 13.9 Å². The number of hydrogen-bond donors (Lipinski definition) is 4. The minimum absolute atomic E-state index is 0.0795. The third kappa shape index (κ3) is 8.90. The minimum Gasteiger partial charge on any atom is -0.497 e. The number of hydrogen-bond acceptors (Lipinski definition) is 10. The Labute approximate surface area is 365 Å². The molecule has 1 unspecified atom stereocenters. The van der Waals surface area contributed by atoms with Crippen molar-refractivity contribution in [3.63, 3.8) is 0 Å². The summed E-state index contributed by atoms with van der Waals surface area (Å²) in [6, 6.07) is 28.0. The molecule has 4 aromatic carbocycles. The SMILES string of the molecule is CCOc1ccc2c(c1)CC(NCCCCO)C(=O)N2c1cccc(CN2C(=O)[C@@]3(O[C@@H](CC(=O)N(CCO)Cc4ccccc4)[C@H]([Si](C)(C)O)[C@H]3C)c3cc(OC)ccc32)c1. The van der Waals surface area contributed by atoms with Crippen LogP contribution in [0.2, 0.25) is 18.6 Å². The molecule has 0 aliphatic carbocycles. The van der Waals surface area contributed by atoms with Crippen LogP contribution in [0, 0.1) is 5.92 Å². The summed E-state index contributed by atoms with van der Waals surface area (Å²) in [6.07, 6.45) is 0.989. The van der Waals surface area contributed by atoms with Gasteiger partial charge in [0.25, 0.3) is 5.91 Å². The van der Waals surface area contributed by atoms with Gasteiger partial charge in [0.05, 0.1) is 56.8 Å². The van der Waals surface area contributed by atoms with Crippen LogP contribution in [0.3, 0.4) is 0 Å². The van der Waals surface area contributed by atoms with Crippen LogP contribution in [0.4, 0.5) is 17.1 Å². The Kier molecular flexibility index (Phi) is 13.9. The summed E-state index contributed by atoms with van der Waals surface area (Å²) < 4.78 is 18.5. The van der Waals surface area contributed by atoms with E-state index in [2.05, 4.69) is 5.32 Å². The molecule has 330 valence electrons. The summed E-state index contributed by atoms with van der Waals surface area (Å²) in [5.41, 5.74) is 3.29. The molecule has 1 spiro atoms. The van der Waals surface area contributed by atoms with Gasteiger partial charge in [-0.05, 0) is 111 Å². The van der Waals surface area contributed by atoms with Crippen molar-refractivity contribution in [1.82, 2.24) is 10.2 Å². The number of carbonyl (C=O) groups is 3. The molecule has 4 N–H and O–H groups in total. The Bertz CT molecular complexity index is 2240. The van der Waals surface area contributed by atoms with Crippen LogP contribution >= 0.6 is 0 Å². The third-order valence-corrected chi connectivity index (χ3v) is 15.0. The summed E-state index contributed by atoms with van der Waals surface area (Å²) in [5, 5.41) is 22.7. The number of ether oxygens (including phenoxy) is 3. The van der Waals surface area contributed by atoms with Crippen molar-refractivity contribution in [2.75, 3.05) is 49.8 Å². The van der Waals surface area contributed by atoms with Crippen molar-refractivity contribution in [2.45, 2.75) is 89.0 Å². The summed E-state index contributed by atoms with van der Waals surface area (Å²) in [7, 11) is -1.54. The van der Waals surface area contributed by atoms with E-state index in [0.717, 1.165) is 34.5 Å². The first-order valence-electron chi connectivity index (χ1n) is 21.7. The van der Waals surface area contributed by atoms with E-state index in [4.69, 9.17) is 14.2 Å². The van der Waals surface area contributed by atoms with Crippen molar-refractivity contribution >= 4 is 43.1 Å². The second-order valence-corrected chi connectivity index (χ2v) is 21.0. The average molecular weight is 865 g/mol. The summed E-state index contributed by atoms with van der Waals surface area (Å²) in [5.74, 6) is 0.100. The zero-order chi connectivity index (χ0) is 44.2. The highest BCUT2D eigenvalue weighted by atomic mass is 28.4. The molecule has 5 atom stereocenters. The zero-order valence-corrected chi connectivity index (χ0v) is 37.4. The highest BCUT2D eigenvalue weighted by molar-refractivity contribution is 6.71. The first-order valence-corrected chi connectivity index (χ1v) is 24.7. The molecule has 0 radical (unpaired) electrons. The van der Waals surface area contributed by atoms with Gasteiger partial charge in [-0.25, -0.2) is 0 Å². The Morgan fingerprint density at radius 1 is 0.935 bits per heavy atom. The molecule has 3 heterocycles. The first-order chi connectivity index (χ1) is 29.8. The first kappa shape index (κ1) is 44.9. The minimum atomic E-state index is -3.11. The fourth-order valence-corrected chi connectivity index (χ4v) is 12.3. The molecule has 3 aliphatic heterocycles. The predicted octanol–water partition coefficient (Wildman–Crippen LogP) is 5.80. The molecule has 14 heteroatoms. The van der Waals surface area contributed by atoms with Gasteiger partial charge >= 0.3 is 0 Å². The van der Waals surface area contributed by atoms with E-state index in [1.807, 2.05) is 112 Å². The number of amides is 3. The maximum Gasteiger partial charge on any atom is 0.264 e. The highest BCUT2D eigenvalue weighted by Gasteiger charge is 2.66. The Hall–Kier alpha value is -5.09. The number of rotatable bonds is 18. The van der Waals surface area contributed by atoms with Crippen LogP contribution in [-0.2, 0) is 44.2 Å². The van der Waals surface area contributed by atoms with E-state index in [1.165, 1.54) is 0 Å². The normalized spacial score (nSPS) is 21.9. The fourth-order valence-electron chi connectivity index (χ4n) is 9.76. The lowest BCUT2D eigenvalue weighted by Crippen LogP contribution is -2.49. The van der Waals surface area contributed by atoms with Gasteiger partial charge in [0.2, 0.25) is 11.8 Å². The second-order valence-electron chi connectivity index (χ2n) is 17.1. The van der Waals surface area contributed by atoms with E-state index in [1.54, 1.807) is 27.9 Å². The number of carbonyl (C=O) groups excluding carboxylic acids is 3. The van der Waals surface area contributed by atoms with Gasteiger partial charge in [-0.15, -0.1) is 0 Å². The van der Waals surface area contributed by atoms with Gasteiger partial charge in [-0.3, -0.25) is 19.3 Å². The lowest BCUT2D eigenvalue weighted by molar-refractivity contribution is -0.150. The molecular formula is C48H60N4O9Si. The van der Waals surface area contributed by atoms with E-state index in [0.29, 0.717) is 55.2 Å². The number of nitrogens with zero attached hydrogens (tertiary/aromatic N) is 3. The van der Waals surface area contributed by atoms with E-state index in [-0.39, 0.29) is 50.4 Å². The number of aliphatic hydroxyl groups is 2. The van der Waals surface area contributed by atoms with Crippen molar-refractivity contribution in [3.05, 3.63) is 113 Å². The number of methoxy groups -OCH3 is 1. The lowest BCUT2D eigenvalue weighted by Gasteiger charge is -2.35. The van der Waals surface area contributed by atoms with Gasteiger partial charge in [-0.1, -0.05) is 49.4 Å². The molecule has 1 fully saturated rings. The molecule has 4 aromatic rings. The van der Waals surface area contributed by atoms with E-state index >= 15 is 4.79 Å². The quantitative estimate of drug-likeness (QED) is 0.0711. The van der Waals surface area contributed by atoms with Crippen molar-refractivity contribution in [2.24, 2.45) is 5.92 Å². The standard InChI is InChI=1S/C48H60N4O9Si/c1-6-60-38-18-19-41-35(26-38)27-40(49-21-10-11-23-53)46(56)52(41)36-16-12-15-34(25-36)31-51-42-20-17-37(59-3)28-39(42)48(47(51)57)32(2)45(62(4,5)58)43(61-48)29-44(55)50(22-24-54)30-33-13-8-7-9-14-33/h7-9,12-20,25-26,28,32,40,43,45,49,53-54,58H,6,10-11,21-24,27,29-31H2,1-5H3/t32-,40?,43+,45-,48+/m1/s1. The maximum absolute atomic E-state index is 15.3. The highest BCUT2D eigenvalue weighted by Crippen LogP contribution is 2.60. The number of anilines is 3. The average Bonchev–Trinajstić information content (AvgIpc) is 3.68. The second kappa shape index (κ2) is 19.1. The van der Waals surface area contributed by atoms with Crippen molar-refractivity contribution in [1.29, 1.82) is 0 Å². The molecule has 62 heavy (non-hydrogen) atoms. The van der Waals surface area contributed by atoms with Crippen LogP contribution < -0.4 is 24.6 Å². The molecule has 3 aliphatic rings. The molecule has 0 bridgehead atoms. The number of nitrogens with one attached hydrogen (secondary N) is 1. The Morgan fingerprint density at radius 3 is 2.39 bits per heavy atom. The summed E-state index contributed by atoms with van der Waals surface area (Å²) in [4.78, 5) is 60.7. The molecule has 3 amide bonds. The maximum atomic E-state index is 15.3. The monoisotopic (exact) mass is 864 g/mol. The molecule has 1 saturated heterocycles. The molecule has 13 nitrogen and oxygen atoms in total. The Morgan fingerprint density at radius 2 is 1.68 bits per heavy atom. The van der Waals surface area contributed by atoms with Crippen LogP contribution in [0.15, 0.2) is 91.0 Å². The lowest BCUT2D eigenvalue weighted by atomic mass is 9.82.